The van der Waals surface area contributed by atoms with E-state index in [0.29, 0.717) is 43.4 Å². The number of pyridine rings is 1. The number of benzene rings is 1. The van der Waals surface area contributed by atoms with Crippen LogP contribution in [0.1, 0.15) is 95.5 Å². The molecule has 52 heavy (non-hydrogen) atoms. The third-order valence-corrected chi connectivity index (χ3v) is 11.6. The quantitative estimate of drug-likeness (QED) is 0.233. The average molecular weight is 752 g/mol. The molecule has 2 aromatic heterocycles. The Balaban J connectivity index is 1.48. The average Bonchev–Trinajstić information content (AvgIpc) is 3.78. The van der Waals surface area contributed by atoms with E-state index in [0.717, 1.165) is 46.5 Å². The molecule has 4 heterocycles. The number of piperidine rings is 1. The monoisotopic (exact) mass is 751 g/mol. The number of aliphatic carboxylic acids is 1. The molecule has 0 bridgehead atoms. The van der Waals surface area contributed by atoms with Crippen molar-refractivity contribution < 1.29 is 50.6 Å². The number of nitrogens with zero attached hydrogens (tertiary/aromatic N) is 3. The predicted octanol–water partition coefficient (Wildman–Crippen LogP) is 8.34. The van der Waals surface area contributed by atoms with Gasteiger partial charge in [-0.3, -0.25) is 19.4 Å². The Morgan fingerprint density at radius 2 is 1.81 bits per heavy atom. The number of aryl methyl sites for hydroxylation is 1. The van der Waals surface area contributed by atoms with Crippen LogP contribution in [0.25, 0.3) is 0 Å². The molecule has 15 heteroatoms. The Morgan fingerprint density at radius 3 is 2.46 bits per heavy atom. The second-order valence-electron chi connectivity index (χ2n) is 13.9. The van der Waals surface area contributed by atoms with Gasteiger partial charge >= 0.3 is 18.3 Å². The molecule has 1 aliphatic carbocycles. The number of alkyl halides is 6. The number of hydrogen-bond acceptors (Lipinski definition) is 6. The largest absolute Gasteiger partial charge is 0.481 e. The highest BCUT2D eigenvalue weighted by atomic mass is 32.1. The fourth-order valence-corrected chi connectivity index (χ4v) is 9.05. The van der Waals surface area contributed by atoms with Crippen molar-refractivity contribution in [3.05, 3.63) is 80.8 Å². The van der Waals surface area contributed by atoms with Crippen LogP contribution in [-0.4, -0.2) is 62.4 Å². The molecule has 5 atom stereocenters. The van der Waals surface area contributed by atoms with E-state index >= 15 is 4.79 Å². The number of carbonyl (C=O) groups is 3. The van der Waals surface area contributed by atoms with Crippen LogP contribution in [0.2, 0.25) is 0 Å². The summed E-state index contributed by atoms with van der Waals surface area (Å²) in [7, 11) is 0. The lowest BCUT2D eigenvalue weighted by molar-refractivity contribution is -0.163. The smallest absolute Gasteiger partial charge is 0.425 e. The van der Waals surface area contributed by atoms with E-state index in [2.05, 4.69) is 4.98 Å². The number of amides is 2. The van der Waals surface area contributed by atoms with Crippen LogP contribution in [0.4, 0.5) is 26.3 Å². The van der Waals surface area contributed by atoms with Gasteiger partial charge in [0.1, 0.15) is 16.3 Å². The first-order valence-electron chi connectivity index (χ1n) is 17.4. The van der Waals surface area contributed by atoms with Gasteiger partial charge < -0.3 is 19.6 Å². The van der Waals surface area contributed by atoms with Gasteiger partial charge in [-0.1, -0.05) is 37.1 Å². The minimum Gasteiger partial charge on any atom is -0.481 e. The van der Waals surface area contributed by atoms with Crippen molar-refractivity contribution >= 4 is 29.1 Å². The van der Waals surface area contributed by atoms with Crippen LogP contribution in [0.3, 0.4) is 0 Å². The molecule has 3 aliphatic rings. The zero-order chi connectivity index (χ0) is 37.6. The number of carboxylic acid groups (broad SMARTS) is 1. The summed E-state index contributed by atoms with van der Waals surface area (Å²) in [5.41, 5.74) is -1.25. The molecule has 1 N–H and O–H groups in total. The number of likely N-dealkylation sites (tertiary alicyclic amines) is 1. The first-order valence-corrected chi connectivity index (χ1v) is 18.2. The number of halogens is 6. The van der Waals surface area contributed by atoms with Gasteiger partial charge in [0.2, 0.25) is 5.60 Å². The molecule has 6 rings (SSSR count). The number of hydrogen-bond donors (Lipinski definition) is 1. The first-order chi connectivity index (χ1) is 24.5. The lowest BCUT2D eigenvalue weighted by atomic mass is 9.77. The van der Waals surface area contributed by atoms with E-state index in [1.165, 1.54) is 4.90 Å². The predicted molar refractivity (Wildman–Crippen MR) is 179 cm³/mol. The van der Waals surface area contributed by atoms with Crippen LogP contribution in [0.5, 0.6) is 5.75 Å². The molecular formula is C37H39F6N3O5S. The standard InChI is InChI=1S/C37H39F6N3O5S/c1-3-6-28-35(51-25-19-29(52-20-25)37(41,42)43,13-5-15-45(28)32(47)30-27(36(38,39)40)7-4-14-44-30)34(50)46-16-12-22-17-21(2)8-11-26(22)31(46)23-9-10-24(18-23)33(48)49/h4,7-8,11,14,17,19-20,23-24,28,31H,3,5-6,9-10,12-13,15-16,18H2,1-2H3,(H,48,49)/t23?,24?,28-,31?,35+/m1/s1. The number of carbonyl (C=O) groups excluding carboxylic acids is 2. The fraction of sp³-hybridized carbons (Fsp3) is 0.514. The summed E-state index contributed by atoms with van der Waals surface area (Å²) in [6, 6.07) is 6.69. The molecule has 0 radical (unpaired) electrons. The number of thiophene rings is 1. The fourth-order valence-electron chi connectivity index (χ4n) is 8.37. The molecular weight excluding hydrogens is 712 g/mol. The van der Waals surface area contributed by atoms with Gasteiger partial charge in [-0.15, -0.1) is 11.3 Å². The molecule has 8 nitrogen and oxygen atoms in total. The zero-order valence-corrected chi connectivity index (χ0v) is 29.4. The Kier molecular flexibility index (Phi) is 10.4. The van der Waals surface area contributed by atoms with Crippen molar-refractivity contribution in [1.82, 2.24) is 14.8 Å². The van der Waals surface area contributed by atoms with Crippen LogP contribution in [-0.2, 0) is 28.4 Å². The normalized spacial score (nSPS) is 25.2. The van der Waals surface area contributed by atoms with Crippen LogP contribution < -0.4 is 4.74 Å². The molecule has 280 valence electrons. The second kappa shape index (κ2) is 14.4. The van der Waals surface area contributed by atoms with Crippen molar-refractivity contribution in [3.8, 4) is 5.75 Å². The van der Waals surface area contributed by atoms with Gasteiger partial charge in [0.25, 0.3) is 11.8 Å². The van der Waals surface area contributed by atoms with E-state index in [1.54, 1.807) is 11.8 Å². The van der Waals surface area contributed by atoms with E-state index in [-0.39, 0.29) is 44.0 Å². The molecule has 0 spiro atoms. The summed E-state index contributed by atoms with van der Waals surface area (Å²) >= 11 is 0.384. The Morgan fingerprint density at radius 1 is 1.04 bits per heavy atom. The molecule has 2 aliphatic heterocycles. The second-order valence-corrected chi connectivity index (χ2v) is 14.9. The number of rotatable bonds is 8. The lowest BCUT2D eigenvalue weighted by Gasteiger charge is -2.52. The number of ether oxygens (including phenoxy) is 1. The number of fused-ring (bicyclic) bond motifs is 1. The molecule has 3 aromatic rings. The first kappa shape index (κ1) is 37.6. The highest BCUT2D eigenvalue weighted by molar-refractivity contribution is 7.10. The van der Waals surface area contributed by atoms with Gasteiger partial charge in [0, 0.05) is 37.2 Å². The molecule has 1 aromatic carbocycles. The van der Waals surface area contributed by atoms with Crippen LogP contribution in [0, 0.1) is 18.8 Å². The van der Waals surface area contributed by atoms with E-state index in [1.807, 2.05) is 25.1 Å². The maximum absolute atomic E-state index is 15.5. The highest BCUT2D eigenvalue weighted by Gasteiger charge is 2.58. The topological polar surface area (TPSA) is 100 Å². The Bertz CT molecular complexity index is 1830. The van der Waals surface area contributed by atoms with Gasteiger partial charge in [0.15, 0.2) is 0 Å². The van der Waals surface area contributed by atoms with Crippen LogP contribution in [0.15, 0.2) is 48.0 Å². The summed E-state index contributed by atoms with van der Waals surface area (Å²) < 4.78 is 90.2. The maximum Gasteiger partial charge on any atom is 0.425 e. The SMILES string of the molecule is CCC[C@H]1N(C(=O)c2ncccc2C(F)(F)F)CCC[C@@]1(Oc1csc(C(F)(F)F)c1)C(=O)N1CCc2cc(C)ccc2C1C1CCC(C(=O)O)C1. The zero-order valence-electron chi connectivity index (χ0n) is 28.6. The Hall–Kier alpha value is -4.14. The van der Waals surface area contributed by atoms with Gasteiger partial charge in [-0.05, 0) is 74.6 Å². The van der Waals surface area contributed by atoms with Gasteiger partial charge in [0.05, 0.1) is 23.6 Å². The van der Waals surface area contributed by atoms with Crippen molar-refractivity contribution in [2.75, 3.05) is 13.1 Å². The number of aromatic nitrogens is 1. The molecule has 2 amide bonds. The van der Waals surface area contributed by atoms with Gasteiger partial charge in [-0.25, -0.2) is 0 Å². The van der Waals surface area contributed by atoms with Crippen molar-refractivity contribution in [2.45, 2.75) is 95.3 Å². The molecule has 1 saturated heterocycles. The van der Waals surface area contributed by atoms with Crippen LogP contribution >= 0.6 is 11.3 Å². The van der Waals surface area contributed by atoms with Crippen molar-refractivity contribution in [1.29, 1.82) is 0 Å². The van der Waals surface area contributed by atoms with Crippen molar-refractivity contribution in [3.63, 3.8) is 0 Å². The number of carboxylic acids is 1. The molecule has 2 fully saturated rings. The summed E-state index contributed by atoms with van der Waals surface area (Å²) in [6.45, 7) is 3.85. The van der Waals surface area contributed by atoms with E-state index < -0.39 is 69.9 Å². The Labute approximate surface area is 300 Å². The molecule has 3 unspecified atom stereocenters. The third-order valence-electron chi connectivity index (χ3n) is 10.6. The van der Waals surface area contributed by atoms with E-state index in [9.17, 15) is 41.0 Å². The molecule has 1 saturated carbocycles. The lowest BCUT2D eigenvalue weighted by Crippen LogP contribution is -2.69. The summed E-state index contributed by atoms with van der Waals surface area (Å²) in [6.07, 6.45) is -6.38. The highest BCUT2D eigenvalue weighted by Crippen LogP contribution is 2.49. The maximum atomic E-state index is 15.5. The summed E-state index contributed by atoms with van der Waals surface area (Å²) in [5, 5.41) is 11.0. The third kappa shape index (κ3) is 7.12. The van der Waals surface area contributed by atoms with Crippen molar-refractivity contribution in [2.24, 2.45) is 11.8 Å². The van der Waals surface area contributed by atoms with Gasteiger partial charge in [-0.2, -0.15) is 26.3 Å². The summed E-state index contributed by atoms with van der Waals surface area (Å²) in [4.78, 5) is 47.3. The minimum absolute atomic E-state index is 0.0295. The summed E-state index contributed by atoms with van der Waals surface area (Å²) in [5.74, 6) is -3.73. The van der Waals surface area contributed by atoms with E-state index in [4.69, 9.17) is 4.74 Å². The minimum atomic E-state index is -4.91.